The molecule has 0 saturated heterocycles. The smallest absolute Gasteiger partial charge is 0.248 e. The minimum absolute atomic E-state index is 0.0143. The Morgan fingerprint density at radius 1 is 1.24 bits per heavy atom. The Morgan fingerprint density at radius 2 is 2.06 bits per heavy atom. The summed E-state index contributed by atoms with van der Waals surface area (Å²) in [7, 11) is 0. The molecule has 0 radical (unpaired) electrons. The molecule has 1 aliphatic rings. The minimum atomic E-state index is -0.508. The van der Waals surface area contributed by atoms with Gasteiger partial charge in [-0.05, 0) is 17.5 Å². The van der Waals surface area contributed by atoms with Crippen LogP contribution in [-0.4, -0.2) is 5.91 Å². The van der Waals surface area contributed by atoms with E-state index in [2.05, 4.69) is 0 Å². The first-order valence-corrected chi connectivity index (χ1v) is 6.33. The number of amides is 1. The highest BCUT2D eigenvalue weighted by Gasteiger charge is 2.34. The maximum absolute atomic E-state index is 12.1. The lowest BCUT2D eigenvalue weighted by molar-refractivity contribution is -0.119. The number of nitrogens with two attached hydrogens (primary N) is 1. The van der Waals surface area contributed by atoms with E-state index in [-0.39, 0.29) is 5.91 Å². The topological polar surface area (TPSA) is 46.3 Å². The summed E-state index contributed by atoms with van der Waals surface area (Å²) in [6.07, 6.45) is 0. The Bertz CT molecular complexity index is 550. The molecule has 1 amide bonds. The van der Waals surface area contributed by atoms with E-state index in [9.17, 15) is 4.79 Å². The van der Waals surface area contributed by atoms with Gasteiger partial charge >= 0.3 is 0 Å². The number of carbonyl (C=O) groups is 1. The van der Waals surface area contributed by atoms with Crippen LogP contribution in [0.1, 0.15) is 16.5 Å². The number of para-hydroxylation sites is 1. The van der Waals surface area contributed by atoms with E-state index < -0.39 is 6.04 Å². The lowest BCUT2D eigenvalue weighted by atomic mass is 10.1. The fourth-order valence-electron chi connectivity index (χ4n) is 2.14. The molecule has 17 heavy (non-hydrogen) atoms. The van der Waals surface area contributed by atoms with Crippen LogP contribution in [0, 0.1) is 0 Å². The summed E-state index contributed by atoms with van der Waals surface area (Å²) >= 11 is 1.65. The van der Waals surface area contributed by atoms with Crippen LogP contribution < -0.4 is 10.6 Å². The van der Waals surface area contributed by atoms with E-state index in [4.69, 9.17) is 5.73 Å². The molecule has 1 unspecified atom stereocenters. The van der Waals surface area contributed by atoms with Gasteiger partial charge in [-0.2, -0.15) is 0 Å². The van der Waals surface area contributed by atoms with Gasteiger partial charge in [-0.25, -0.2) is 0 Å². The molecule has 0 spiro atoms. The van der Waals surface area contributed by atoms with Gasteiger partial charge in [0.25, 0.3) is 0 Å². The number of carbonyl (C=O) groups excluding carboxylic acids is 1. The monoisotopic (exact) mass is 244 g/mol. The summed E-state index contributed by atoms with van der Waals surface area (Å²) in [6.45, 7) is 0.612. The van der Waals surface area contributed by atoms with Crippen molar-refractivity contribution in [3.8, 4) is 0 Å². The van der Waals surface area contributed by atoms with E-state index in [1.165, 1.54) is 4.88 Å². The molecule has 3 nitrogen and oxygen atoms in total. The second-order valence-electron chi connectivity index (χ2n) is 4.04. The summed E-state index contributed by atoms with van der Waals surface area (Å²) in [4.78, 5) is 15.0. The Balaban J connectivity index is 1.98. The summed E-state index contributed by atoms with van der Waals surface area (Å²) in [5.41, 5.74) is 7.79. The zero-order chi connectivity index (χ0) is 11.8. The molecule has 1 aliphatic heterocycles. The average molecular weight is 244 g/mol. The fourth-order valence-corrected chi connectivity index (χ4v) is 2.83. The van der Waals surface area contributed by atoms with Gasteiger partial charge in [-0.1, -0.05) is 24.3 Å². The van der Waals surface area contributed by atoms with Gasteiger partial charge in [0, 0.05) is 16.1 Å². The molecule has 2 heterocycles. The molecule has 0 fully saturated rings. The van der Waals surface area contributed by atoms with Crippen LogP contribution in [-0.2, 0) is 11.3 Å². The number of hydrogen-bond acceptors (Lipinski definition) is 3. The van der Waals surface area contributed by atoms with E-state index in [1.807, 2.05) is 41.8 Å². The number of hydrogen-bond donors (Lipinski definition) is 1. The third kappa shape index (κ3) is 1.66. The van der Waals surface area contributed by atoms with Gasteiger partial charge in [0.2, 0.25) is 5.91 Å². The molecule has 0 bridgehead atoms. The van der Waals surface area contributed by atoms with Crippen molar-refractivity contribution in [3.63, 3.8) is 0 Å². The quantitative estimate of drug-likeness (QED) is 0.881. The molecule has 4 heteroatoms. The lowest BCUT2D eigenvalue weighted by Gasteiger charge is -2.16. The third-order valence-electron chi connectivity index (χ3n) is 2.99. The first-order chi connectivity index (χ1) is 8.27. The number of anilines is 1. The Hall–Kier alpha value is -1.65. The van der Waals surface area contributed by atoms with Crippen molar-refractivity contribution < 1.29 is 4.79 Å². The number of nitrogens with zero attached hydrogens (tertiary/aromatic N) is 1. The highest BCUT2D eigenvalue weighted by Crippen LogP contribution is 2.35. The predicted molar refractivity (Wildman–Crippen MR) is 68.9 cm³/mol. The van der Waals surface area contributed by atoms with Gasteiger partial charge < -0.3 is 10.6 Å². The Morgan fingerprint density at radius 3 is 2.82 bits per heavy atom. The first-order valence-electron chi connectivity index (χ1n) is 5.45. The zero-order valence-electron chi connectivity index (χ0n) is 9.17. The van der Waals surface area contributed by atoms with Crippen molar-refractivity contribution in [2.45, 2.75) is 12.6 Å². The van der Waals surface area contributed by atoms with Crippen molar-refractivity contribution in [2.24, 2.45) is 5.73 Å². The van der Waals surface area contributed by atoms with Gasteiger partial charge in [0.05, 0.1) is 6.54 Å². The van der Waals surface area contributed by atoms with E-state index >= 15 is 0 Å². The van der Waals surface area contributed by atoms with E-state index in [0.29, 0.717) is 6.54 Å². The van der Waals surface area contributed by atoms with Crippen LogP contribution in [0.3, 0.4) is 0 Å². The Labute approximate surface area is 103 Å². The van der Waals surface area contributed by atoms with Crippen LogP contribution in [0.15, 0.2) is 41.8 Å². The maximum atomic E-state index is 12.1. The van der Waals surface area contributed by atoms with E-state index in [1.54, 1.807) is 16.2 Å². The second kappa shape index (κ2) is 3.98. The Kier molecular flexibility index (Phi) is 2.46. The molecule has 1 atom stereocenters. The standard InChI is InChI=1S/C13H12N2OS/c14-12-10-5-1-2-6-11(10)15(13(12)16)8-9-4-3-7-17-9/h1-7,12H,8,14H2. The number of fused-ring (bicyclic) bond motifs is 1. The van der Waals surface area contributed by atoms with Crippen LogP contribution in [0.4, 0.5) is 5.69 Å². The minimum Gasteiger partial charge on any atom is -0.316 e. The maximum Gasteiger partial charge on any atom is 0.248 e. The van der Waals surface area contributed by atoms with Crippen LogP contribution in [0.25, 0.3) is 0 Å². The molecule has 86 valence electrons. The van der Waals surface area contributed by atoms with Gasteiger partial charge in [-0.3, -0.25) is 4.79 Å². The fraction of sp³-hybridized carbons (Fsp3) is 0.154. The van der Waals surface area contributed by atoms with Gasteiger partial charge in [0.1, 0.15) is 6.04 Å². The molecule has 1 aromatic heterocycles. The van der Waals surface area contributed by atoms with Crippen LogP contribution >= 0.6 is 11.3 Å². The molecule has 0 saturated carbocycles. The van der Waals surface area contributed by atoms with Crippen LogP contribution in [0.5, 0.6) is 0 Å². The van der Waals surface area contributed by atoms with Crippen molar-refractivity contribution in [1.82, 2.24) is 0 Å². The summed E-state index contributed by atoms with van der Waals surface area (Å²) in [6, 6.07) is 11.2. The van der Waals surface area contributed by atoms with Gasteiger partial charge in [-0.15, -0.1) is 11.3 Å². The predicted octanol–water partition coefficient (Wildman–Crippen LogP) is 2.29. The molecular weight excluding hydrogens is 232 g/mol. The molecule has 2 aromatic rings. The molecular formula is C13H12N2OS. The number of thiophene rings is 1. The zero-order valence-corrected chi connectivity index (χ0v) is 9.98. The second-order valence-corrected chi connectivity index (χ2v) is 5.07. The summed E-state index contributed by atoms with van der Waals surface area (Å²) in [5, 5.41) is 2.02. The summed E-state index contributed by atoms with van der Waals surface area (Å²) in [5.74, 6) is -0.0143. The van der Waals surface area contributed by atoms with Crippen LogP contribution in [0.2, 0.25) is 0 Å². The van der Waals surface area contributed by atoms with Gasteiger partial charge in [0.15, 0.2) is 0 Å². The molecule has 2 N–H and O–H groups in total. The highest BCUT2D eigenvalue weighted by atomic mass is 32.1. The first kappa shape index (κ1) is 10.5. The normalized spacial score (nSPS) is 18.5. The average Bonchev–Trinajstić information content (AvgIpc) is 2.94. The highest BCUT2D eigenvalue weighted by molar-refractivity contribution is 7.09. The van der Waals surface area contributed by atoms with Crippen molar-refractivity contribution >= 4 is 22.9 Å². The third-order valence-corrected chi connectivity index (χ3v) is 3.85. The van der Waals surface area contributed by atoms with Crippen molar-refractivity contribution in [1.29, 1.82) is 0 Å². The van der Waals surface area contributed by atoms with Crippen molar-refractivity contribution in [2.75, 3.05) is 4.90 Å². The molecule has 0 aliphatic carbocycles. The molecule has 3 rings (SSSR count). The SMILES string of the molecule is NC1C(=O)N(Cc2cccs2)c2ccccc21. The van der Waals surface area contributed by atoms with Crippen molar-refractivity contribution in [3.05, 3.63) is 52.2 Å². The lowest BCUT2D eigenvalue weighted by Crippen LogP contribution is -2.30. The molecule has 1 aromatic carbocycles. The largest absolute Gasteiger partial charge is 0.316 e. The van der Waals surface area contributed by atoms with E-state index in [0.717, 1.165) is 11.3 Å². The number of benzene rings is 1. The number of rotatable bonds is 2. The summed E-state index contributed by atoms with van der Waals surface area (Å²) < 4.78 is 0.